The zero-order valence-corrected chi connectivity index (χ0v) is 14.8. The summed E-state index contributed by atoms with van der Waals surface area (Å²) in [6.07, 6.45) is 6.32. The first-order valence-corrected chi connectivity index (χ1v) is 9.27. The van der Waals surface area contributed by atoms with E-state index in [9.17, 15) is 9.59 Å². The zero-order valence-electron chi connectivity index (χ0n) is 13.2. The molecule has 0 bridgehead atoms. The molecule has 24 heavy (non-hydrogen) atoms. The fourth-order valence-electron chi connectivity index (χ4n) is 3.04. The Morgan fingerprint density at radius 3 is 2.38 bits per heavy atom. The first-order chi connectivity index (χ1) is 11.6. The van der Waals surface area contributed by atoms with E-state index in [1.807, 2.05) is 0 Å². The Morgan fingerprint density at radius 1 is 1.04 bits per heavy atom. The van der Waals surface area contributed by atoms with Crippen molar-refractivity contribution in [2.45, 2.75) is 38.5 Å². The topological polar surface area (TPSA) is 72.2 Å². The molecule has 3 N–H and O–H groups in total. The number of benzene rings is 1. The van der Waals surface area contributed by atoms with Crippen molar-refractivity contribution in [3.8, 4) is 0 Å². The molecule has 1 heterocycles. The maximum atomic E-state index is 12.4. The van der Waals surface area contributed by atoms with Crippen molar-refractivity contribution in [1.82, 2.24) is 0 Å². The van der Waals surface area contributed by atoms with Crippen LogP contribution >= 0.6 is 22.9 Å². The summed E-state index contributed by atoms with van der Waals surface area (Å²) in [6.45, 7) is 0. The number of aryl methyl sites for hydroxylation is 1. The summed E-state index contributed by atoms with van der Waals surface area (Å²) in [5.41, 5.74) is 7.61. The molecule has 2 amide bonds. The van der Waals surface area contributed by atoms with Gasteiger partial charge >= 0.3 is 0 Å². The summed E-state index contributed by atoms with van der Waals surface area (Å²) in [5.74, 6) is -0.733. The molecule has 2 aromatic rings. The number of hydrogen-bond acceptors (Lipinski definition) is 3. The van der Waals surface area contributed by atoms with Crippen LogP contribution in [0.25, 0.3) is 0 Å². The third-order valence-corrected chi connectivity index (χ3v) is 5.71. The Morgan fingerprint density at radius 2 is 1.71 bits per heavy atom. The van der Waals surface area contributed by atoms with Crippen LogP contribution in [0.3, 0.4) is 0 Å². The van der Waals surface area contributed by atoms with E-state index in [1.165, 1.54) is 29.1 Å². The number of rotatable bonds is 3. The molecule has 3 rings (SSSR count). The third-order valence-electron chi connectivity index (χ3n) is 4.25. The first-order valence-electron chi connectivity index (χ1n) is 8.07. The van der Waals surface area contributed by atoms with Crippen LogP contribution < -0.4 is 11.1 Å². The minimum atomic E-state index is -0.473. The van der Waals surface area contributed by atoms with Crippen molar-refractivity contribution >= 4 is 39.8 Å². The SMILES string of the molecule is NC(=O)c1c(NC(=O)c2ccc(Cl)cc2)sc2c1CCCCCC2. The largest absolute Gasteiger partial charge is 0.365 e. The third kappa shape index (κ3) is 3.62. The normalized spacial score (nSPS) is 14.4. The highest BCUT2D eigenvalue weighted by atomic mass is 35.5. The number of primary amides is 1. The molecule has 6 heteroatoms. The van der Waals surface area contributed by atoms with Crippen molar-refractivity contribution in [3.05, 3.63) is 50.9 Å². The second kappa shape index (κ2) is 7.36. The Balaban J connectivity index is 1.92. The quantitative estimate of drug-likeness (QED) is 0.848. The fraction of sp³-hybridized carbons (Fsp3) is 0.333. The Kier molecular flexibility index (Phi) is 5.21. The maximum Gasteiger partial charge on any atom is 0.256 e. The van der Waals surface area contributed by atoms with E-state index in [4.69, 9.17) is 17.3 Å². The highest BCUT2D eigenvalue weighted by molar-refractivity contribution is 7.17. The minimum absolute atomic E-state index is 0.261. The lowest BCUT2D eigenvalue weighted by Crippen LogP contribution is -2.18. The summed E-state index contributed by atoms with van der Waals surface area (Å²) in [5, 5.41) is 4.00. The molecule has 1 aliphatic carbocycles. The van der Waals surface area contributed by atoms with Crippen LogP contribution in [-0.4, -0.2) is 11.8 Å². The van der Waals surface area contributed by atoms with Crippen LogP contribution in [0, 0.1) is 0 Å². The monoisotopic (exact) mass is 362 g/mol. The molecule has 0 radical (unpaired) electrons. The van der Waals surface area contributed by atoms with Crippen molar-refractivity contribution in [1.29, 1.82) is 0 Å². The number of amides is 2. The number of carbonyl (C=O) groups excluding carboxylic acids is 2. The van der Waals surface area contributed by atoms with Crippen LogP contribution in [0.1, 0.15) is 56.8 Å². The smallest absolute Gasteiger partial charge is 0.256 e. The summed E-state index contributed by atoms with van der Waals surface area (Å²) in [4.78, 5) is 25.6. The van der Waals surface area contributed by atoms with Gasteiger partial charge in [0, 0.05) is 15.5 Å². The van der Waals surface area contributed by atoms with Crippen LogP contribution in [0.15, 0.2) is 24.3 Å². The second-order valence-electron chi connectivity index (χ2n) is 5.95. The van der Waals surface area contributed by atoms with E-state index in [1.54, 1.807) is 24.3 Å². The molecule has 4 nitrogen and oxygen atoms in total. The average Bonchev–Trinajstić information content (AvgIpc) is 2.84. The van der Waals surface area contributed by atoms with Crippen LogP contribution in [-0.2, 0) is 12.8 Å². The van der Waals surface area contributed by atoms with Gasteiger partial charge < -0.3 is 11.1 Å². The number of carbonyl (C=O) groups is 2. The van der Waals surface area contributed by atoms with E-state index in [0.717, 1.165) is 31.2 Å². The zero-order chi connectivity index (χ0) is 17.1. The van der Waals surface area contributed by atoms with Crippen molar-refractivity contribution < 1.29 is 9.59 Å². The molecule has 1 aromatic heterocycles. The summed E-state index contributed by atoms with van der Waals surface area (Å²) < 4.78 is 0. The summed E-state index contributed by atoms with van der Waals surface area (Å²) >= 11 is 7.33. The van der Waals surface area contributed by atoms with Gasteiger partial charge in [0.25, 0.3) is 11.8 Å². The predicted molar refractivity (Wildman–Crippen MR) is 98.1 cm³/mol. The molecule has 0 atom stereocenters. The highest BCUT2D eigenvalue weighted by Crippen LogP contribution is 2.37. The number of halogens is 1. The van der Waals surface area contributed by atoms with E-state index in [2.05, 4.69) is 5.32 Å². The van der Waals surface area contributed by atoms with E-state index >= 15 is 0 Å². The van der Waals surface area contributed by atoms with Gasteiger partial charge in [-0.25, -0.2) is 0 Å². The second-order valence-corrected chi connectivity index (χ2v) is 7.49. The number of thiophene rings is 1. The van der Waals surface area contributed by atoms with Gasteiger partial charge in [-0.15, -0.1) is 11.3 Å². The lowest BCUT2D eigenvalue weighted by atomic mass is 9.96. The van der Waals surface area contributed by atoms with Crippen molar-refractivity contribution in [3.63, 3.8) is 0 Å². The van der Waals surface area contributed by atoms with Gasteiger partial charge in [0.1, 0.15) is 5.00 Å². The molecule has 0 saturated carbocycles. The predicted octanol–water partition coefficient (Wildman–Crippen LogP) is 4.41. The summed E-state index contributed by atoms with van der Waals surface area (Å²) in [7, 11) is 0. The highest BCUT2D eigenvalue weighted by Gasteiger charge is 2.24. The average molecular weight is 363 g/mol. The van der Waals surface area contributed by atoms with Crippen LogP contribution in [0.2, 0.25) is 5.02 Å². The molecule has 1 aromatic carbocycles. The Hall–Kier alpha value is -1.85. The lowest BCUT2D eigenvalue weighted by Gasteiger charge is -2.10. The van der Waals surface area contributed by atoms with Gasteiger partial charge in [0.15, 0.2) is 0 Å². The van der Waals surface area contributed by atoms with Gasteiger partial charge in [-0.05, 0) is 55.5 Å². The minimum Gasteiger partial charge on any atom is -0.365 e. The van der Waals surface area contributed by atoms with Gasteiger partial charge in [-0.1, -0.05) is 24.4 Å². The Labute approximate surface area is 150 Å². The molecule has 126 valence electrons. The molecule has 0 unspecified atom stereocenters. The molecule has 1 aliphatic rings. The van der Waals surface area contributed by atoms with Gasteiger partial charge in [-0.3, -0.25) is 9.59 Å². The van der Waals surface area contributed by atoms with E-state index < -0.39 is 5.91 Å². The molecule has 0 spiro atoms. The van der Waals surface area contributed by atoms with E-state index in [-0.39, 0.29) is 5.91 Å². The Bertz CT molecular complexity index is 768. The standard InChI is InChI=1S/C18H19ClN2O2S/c19-12-9-7-11(8-10-12)17(23)21-18-15(16(20)22)13-5-3-1-2-4-6-14(13)24-18/h7-10H,1-6H2,(H2,20,22)(H,21,23). The molecular formula is C18H19ClN2O2S. The van der Waals surface area contributed by atoms with Gasteiger partial charge in [0.05, 0.1) is 5.56 Å². The van der Waals surface area contributed by atoms with Gasteiger partial charge in [0.2, 0.25) is 0 Å². The molecule has 0 saturated heterocycles. The number of fused-ring (bicyclic) bond motifs is 1. The first kappa shape index (κ1) is 17.0. The fourth-order valence-corrected chi connectivity index (χ4v) is 4.46. The number of nitrogens with two attached hydrogens (primary N) is 1. The van der Waals surface area contributed by atoms with Crippen LogP contribution in [0.4, 0.5) is 5.00 Å². The number of hydrogen-bond donors (Lipinski definition) is 2. The molecular weight excluding hydrogens is 344 g/mol. The molecule has 0 fully saturated rings. The number of nitrogens with one attached hydrogen (secondary N) is 1. The van der Waals surface area contributed by atoms with Crippen molar-refractivity contribution in [2.75, 3.05) is 5.32 Å². The molecule has 0 aliphatic heterocycles. The van der Waals surface area contributed by atoms with E-state index in [0.29, 0.717) is 21.2 Å². The van der Waals surface area contributed by atoms with Crippen LogP contribution in [0.5, 0.6) is 0 Å². The number of anilines is 1. The summed E-state index contributed by atoms with van der Waals surface area (Å²) in [6, 6.07) is 6.65. The maximum absolute atomic E-state index is 12.4. The van der Waals surface area contributed by atoms with Crippen molar-refractivity contribution in [2.24, 2.45) is 5.73 Å². The van der Waals surface area contributed by atoms with Gasteiger partial charge in [-0.2, -0.15) is 0 Å². The lowest BCUT2D eigenvalue weighted by molar-refractivity contribution is 0.100.